The molecular formula is C22H22BrClFNO4S. The van der Waals surface area contributed by atoms with Crippen molar-refractivity contribution < 1.29 is 22.7 Å². The van der Waals surface area contributed by atoms with E-state index >= 15 is 0 Å². The van der Waals surface area contributed by atoms with E-state index in [0.29, 0.717) is 18.5 Å². The summed E-state index contributed by atoms with van der Waals surface area (Å²) in [4.78, 5) is 12.6. The van der Waals surface area contributed by atoms with Gasteiger partial charge in [-0.3, -0.25) is 4.79 Å². The van der Waals surface area contributed by atoms with Crippen molar-refractivity contribution in [3.05, 3.63) is 57.3 Å². The topological polar surface area (TPSA) is 83.5 Å². The van der Waals surface area contributed by atoms with Crippen molar-refractivity contribution in [3.8, 4) is 0 Å². The van der Waals surface area contributed by atoms with Crippen LogP contribution in [0.3, 0.4) is 0 Å². The lowest BCUT2D eigenvalue weighted by atomic mass is 9.76. The quantitative estimate of drug-likeness (QED) is 0.569. The van der Waals surface area contributed by atoms with Crippen LogP contribution in [0.4, 0.5) is 10.1 Å². The minimum absolute atomic E-state index is 0.0609. The van der Waals surface area contributed by atoms with Crippen molar-refractivity contribution in [2.75, 3.05) is 5.32 Å². The number of carbonyl (C=O) groups is 1. The van der Waals surface area contributed by atoms with Crippen molar-refractivity contribution in [2.45, 2.75) is 48.4 Å². The van der Waals surface area contributed by atoms with E-state index in [0.717, 1.165) is 12.8 Å². The molecule has 1 amide bonds. The molecule has 2 bridgehead atoms. The maximum atomic E-state index is 13.4. The fourth-order valence-electron chi connectivity index (χ4n) is 4.84. The number of hydrogen-bond acceptors (Lipinski definition) is 4. The summed E-state index contributed by atoms with van der Waals surface area (Å²) in [5.41, 5.74) is -0.334. The second kappa shape index (κ2) is 8.14. The molecule has 2 aliphatic rings. The highest BCUT2D eigenvalue weighted by Crippen LogP contribution is 2.51. The Morgan fingerprint density at radius 2 is 1.84 bits per heavy atom. The van der Waals surface area contributed by atoms with Gasteiger partial charge in [-0.2, -0.15) is 0 Å². The Morgan fingerprint density at radius 3 is 2.45 bits per heavy atom. The van der Waals surface area contributed by atoms with Crippen LogP contribution in [0.5, 0.6) is 0 Å². The van der Waals surface area contributed by atoms with Crippen molar-refractivity contribution in [1.29, 1.82) is 0 Å². The number of amides is 1. The smallest absolute Gasteiger partial charge is 0.255 e. The number of carbonyl (C=O) groups excluding carboxylic acids is 1. The van der Waals surface area contributed by atoms with Gasteiger partial charge in [0.05, 0.1) is 25.2 Å². The largest absolute Gasteiger partial charge is 0.390 e. The van der Waals surface area contributed by atoms with E-state index in [1.54, 1.807) is 6.92 Å². The summed E-state index contributed by atoms with van der Waals surface area (Å²) in [6, 6.07) is 8.19. The van der Waals surface area contributed by atoms with Crippen LogP contribution >= 0.6 is 27.5 Å². The maximum absolute atomic E-state index is 13.4. The number of sulfone groups is 1. The zero-order chi connectivity index (χ0) is 22.6. The van der Waals surface area contributed by atoms with E-state index < -0.39 is 32.4 Å². The number of halogens is 3. The molecule has 4 atom stereocenters. The van der Waals surface area contributed by atoms with Crippen LogP contribution < -0.4 is 5.32 Å². The molecule has 2 N–H and O–H groups in total. The lowest BCUT2D eigenvalue weighted by Crippen LogP contribution is -2.45. The van der Waals surface area contributed by atoms with Gasteiger partial charge < -0.3 is 10.4 Å². The Hall–Kier alpha value is -1.48. The molecule has 1 unspecified atom stereocenters. The first-order valence-electron chi connectivity index (χ1n) is 10.0. The molecule has 2 aliphatic carbocycles. The third-order valence-corrected chi connectivity index (χ3v) is 9.99. The molecule has 2 aromatic carbocycles. The van der Waals surface area contributed by atoms with E-state index in [4.69, 9.17) is 11.6 Å². The van der Waals surface area contributed by atoms with Gasteiger partial charge in [0.2, 0.25) is 0 Å². The molecule has 0 radical (unpaired) electrons. The Bertz CT molecular complexity index is 1140. The van der Waals surface area contributed by atoms with Gasteiger partial charge in [-0.25, -0.2) is 12.8 Å². The van der Waals surface area contributed by atoms with E-state index in [1.165, 1.54) is 36.4 Å². The molecule has 166 valence electrons. The normalized spacial score (nSPS) is 27.8. The van der Waals surface area contributed by atoms with Crippen molar-refractivity contribution in [1.82, 2.24) is 0 Å². The first-order valence-corrected chi connectivity index (χ1v) is 12.7. The van der Waals surface area contributed by atoms with E-state index in [9.17, 15) is 22.7 Å². The van der Waals surface area contributed by atoms with E-state index in [1.807, 2.05) is 0 Å². The summed E-state index contributed by atoms with van der Waals surface area (Å²) in [6.07, 6.45) is 2.38. The Morgan fingerprint density at radius 1 is 1.19 bits per heavy atom. The number of nitrogens with one attached hydrogen (secondary N) is 1. The molecule has 0 saturated heterocycles. The minimum Gasteiger partial charge on any atom is -0.390 e. The second-order valence-electron chi connectivity index (χ2n) is 8.56. The Balaban J connectivity index is 1.60. The summed E-state index contributed by atoms with van der Waals surface area (Å²) in [5, 5.41) is 12.7. The third-order valence-electron chi connectivity index (χ3n) is 6.73. The van der Waals surface area contributed by atoms with Gasteiger partial charge >= 0.3 is 0 Å². The van der Waals surface area contributed by atoms with Crippen LogP contribution in [0.1, 0.15) is 43.0 Å². The van der Waals surface area contributed by atoms with E-state index in [2.05, 4.69) is 21.2 Å². The van der Waals surface area contributed by atoms with Crippen molar-refractivity contribution >= 4 is 49.0 Å². The molecule has 2 aromatic rings. The first-order chi connectivity index (χ1) is 14.5. The van der Waals surface area contributed by atoms with Gasteiger partial charge in [-0.15, -0.1) is 0 Å². The molecule has 31 heavy (non-hydrogen) atoms. The van der Waals surface area contributed by atoms with Crippen molar-refractivity contribution in [3.63, 3.8) is 0 Å². The number of benzene rings is 2. The number of fused-ring (bicyclic) bond motifs is 2. The summed E-state index contributed by atoms with van der Waals surface area (Å²) >= 11 is 9.30. The van der Waals surface area contributed by atoms with Crippen LogP contribution in [0.25, 0.3) is 0 Å². The maximum Gasteiger partial charge on any atom is 0.255 e. The SMILES string of the molecule is C[C@@]1(O)C2CC[C@H]1C[C@H](S(=O)(=O)c1cc(C(=O)Nc3ccc(F)c(Br)c3)ccc1Cl)C2. The summed E-state index contributed by atoms with van der Waals surface area (Å²) < 4.78 is 40.4. The van der Waals surface area contributed by atoms with Crippen LogP contribution in [-0.2, 0) is 9.84 Å². The van der Waals surface area contributed by atoms with Crippen molar-refractivity contribution in [2.24, 2.45) is 11.8 Å². The molecule has 0 spiro atoms. The van der Waals surface area contributed by atoms with Gasteiger partial charge in [0.1, 0.15) is 5.82 Å². The highest BCUT2D eigenvalue weighted by molar-refractivity contribution is 9.10. The molecule has 9 heteroatoms. The number of rotatable bonds is 4. The fourth-order valence-corrected chi connectivity index (χ4v) is 7.62. The van der Waals surface area contributed by atoms with Gasteiger partial charge in [0.25, 0.3) is 5.91 Å². The molecule has 4 rings (SSSR count). The van der Waals surface area contributed by atoms with Crippen LogP contribution in [0, 0.1) is 17.7 Å². The minimum atomic E-state index is -3.79. The predicted octanol–water partition coefficient (Wildman–Crippen LogP) is 5.21. The highest BCUT2D eigenvalue weighted by atomic mass is 79.9. The van der Waals surface area contributed by atoms with Gasteiger partial charge in [0, 0.05) is 11.3 Å². The summed E-state index contributed by atoms with van der Waals surface area (Å²) in [5.74, 6) is -1.11. The van der Waals surface area contributed by atoms with E-state index in [-0.39, 0.29) is 31.8 Å². The number of aliphatic hydroxyl groups is 1. The highest BCUT2D eigenvalue weighted by Gasteiger charge is 2.53. The number of hydrogen-bond donors (Lipinski definition) is 2. The molecule has 5 nitrogen and oxygen atoms in total. The molecule has 2 saturated carbocycles. The van der Waals surface area contributed by atoms with Gasteiger partial charge in [0.15, 0.2) is 9.84 Å². The summed E-state index contributed by atoms with van der Waals surface area (Å²) in [6.45, 7) is 1.80. The Labute approximate surface area is 194 Å². The molecule has 2 fully saturated rings. The molecule has 0 heterocycles. The second-order valence-corrected chi connectivity index (χ2v) is 12.0. The third kappa shape index (κ3) is 4.15. The standard InChI is InChI=1S/C22H22BrClFNO4S/c1-22(28)13-3-4-14(22)10-16(9-13)31(29,30)20-8-12(2-6-18(20)24)21(27)26-15-5-7-19(25)17(23)11-15/h2,5-8,11,13-14,16,28H,3-4,9-10H2,1H3,(H,26,27)/t13-,14?,16-,22-/m0/s1. The zero-order valence-corrected chi connectivity index (χ0v) is 19.9. The molecule has 0 aliphatic heterocycles. The van der Waals surface area contributed by atoms with Crippen LogP contribution in [0.2, 0.25) is 5.02 Å². The predicted molar refractivity (Wildman–Crippen MR) is 121 cm³/mol. The van der Waals surface area contributed by atoms with Gasteiger partial charge in [-0.1, -0.05) is 11.6 Å². The first kappa shape index (κ1) is 22.7. The van der Waals surface area contributed by atoms with Gasteiger partial charge in [-0.05, 0) is 96.8 Å². The molecule has 0 aromatic heterocycles. The lowest BCUT2D eigenvalue weighted by molar-refractivity contribution is -0.0413. The zero-order valence-electron chi connectivity index (χ0n) is 16.7. The monoisotopic (exact) mass is 529 g/mol. The molecular weight excluding hydrogens is 509 g/mol. The number of anilines is 1. The summed E-state index contributed by atoms with van der Waals surface area (Å²) in [7, 11) is -3.79. The van der Waals surface area contributed by atoms with Crippen LogP contribution in [0.15, 0.2) is 45.8 Å². The lowest BCUT2D eigenvalue weighted by Gasteiger charge is -2.40. The average Bonchev–Trinajstić information content (AvgIpc) is 2.87. The van der Waals surface area contributed by atoms with Crippen LogP contribution in [-0.4, -0.2) is 30.3 Å². The fraction of sp³-hybridized carbons (Fsp3) is 0.409. The Kier molecular flexibility index (Phi) is 5.96. The average molecular weight is 531 g/mol.